The van der Waals surface area contributed by atoms with Crippen LogP contribution in [0.4, 0.5) is 0 Å². The lowest BCUT2D eigenvalue weighted by Crippen LogP contribution is -2.41. The molecule has 9 nitrogen and oxygen atoms in total. The number of carbonyl (C=O) groups excluding carboxylic acids is 1. The SMILES string of the molecule is CCN(C(=O)CSc1nnc(-c2ccc3c(c2)OCO3)o1)[C@@H]1CCS(=O)(=O)C1. The second-order valence-electron chi connectivity index (χ2n) is 6.47. The maximum Gasteiger partial charge on any atom is 0.277 e. The van der Waals surface area contributed by atoms with Gasteiger partial charge in [0, 0.05) is 18.2 Å². The second kappa shape index (κ2) is 7.63. The van der Waals surface area contributed by atoms with E-state index in [0.29, 0.717) is 35.9 Å². The molecule has 1 aromatic carbocycles. The van der Waals surface area contributed by atoms with Crippen molar-refractivity contribution in [2.75, 3.05) is 30.6 Å². The highest BCUT2D eigenvalue weighted by atomic mass is 32.2. The van der Waals surface area contributed by atoms with Gasteiger partial charge in [0.1, 0.15) is 0 Å². The number of nitrogens with zero attached hydrogens (tertiary/aromatic N) is 3. The first-order valence-corrected chi connectivity index (χ1v) is 11.6. The van der Waals surface area contributed by atoms with Gasteiger partial charge in [-0.15, -0.1) is 10.2 Å². The number of sulfone groups is 1. The van der Waals surface area contributed by atoms with Gasteiger partial charge in [-0.1, -0.05) is 11.8 Å². The highest BCUT2D eigenvalue weighted by Gasteiger charge is 2.33. The van der Waals surface area contributed by atoms with Crippen molar-refractivity contribution in [1.82, 2.24) is 15.1 Å². The summed E-state index contributed by atoms with van der Waals surface area (Å²) in [5, 5.41) is 8.26. The highest BCUT2D eigenvalue weighted by molar-refractivity contribution is 7.99. The zero-order valence-corrected chi connectivity index (χ0v) is 16.8. The van der Waals surface area contributed by atoms with Crippen molar-refractivity contribution in [3.05, 3.63) is 18.2 Å². The molecule has 0 N–H and O–H groups in total. The van der Waals surface area contributed by atoms with Gasteiger partial charge in [-0.25, -0.2) is 8.42 Å². The fraction of sp³-hybridized carbons (Fsp3) is 0.471. The first kappa shape index (κ1) is 19.1. The molecule has 28 heavy (non-hydrogen) atoms. The topological polar surface area (TPSA) is 112 Å². The Kier molecular flexibility index (Phi) is 5.19. The van der Waals surface area contributed by atoms with Crippen molar-refractivity contribution in [2.24, 2.45) is 0 Å². The molecule has 1 aromatic heterocycles. The molecule has 1 atom stereocenters. The summed E-state index contributed by atoms with van der Waals surface area (Å²) in [5.41, 5.74) is 0.696. The predicted octanol–water partition coefficient (Wildman–Crippen LogP) is 1.59. The fourth-order valence-corrected chi connectivity index (χ4v) is 5.66. The quantitative estimate of drug-likeness (QED) is 0.637. The maximum absolute atomic E-state index is 12.5. The molecule has 0 aliphatic carbocycles. The third kappa shape index (κ3) is 3.95. The van der Waals surface area contributed by atoms with Crippen LogP contribution in [0.3, 0.4) is 0 Å². The van der Waals surface area contributed by atoms with Crippen LogP contribution in [0.5, 0.6) is 11.5 Å². The van der Waals surface area contributed by atoms with Crippen LogP contribution in [-0.4, -0.2) is 66.1 Å². The van der Waals surface area contributed by atoms with Crippen LogP contribution in [0.25, 0.3) is 11.5 Å². The Hall–Kier alpha value is -2.27. The van der Waals surface area contributed by atoms with Crippen LogP contribution in [0.1, 0.15) is 13.3 Å². The first-order chi connectivity index (χ1) is 13.4. The van der Waals surface area contributed by atoms with E-state index in [1.807, 2.05) is 6.92 Å². The van der Waals surface area contributed by atoms with Gasteiger partial charge in [0.05, 0.1) is 17.3 Å². The summed E-state index contributed by atoms with van der Waals surface area (Å²) in [4.78, 5) is 14.2. The minimum absolute atomic E-state index is 0.0338. The number of fused-ring (bicyclic) bond motifs is 1. The Morgan fingerprint density at radius 2 is 2.11 bits per heavy atom. The van der Waals surface area contributed by atoms with Gasteiger partial charge in [-0.2, -0.15) is 0 Å². The van der Waals surface area contributed by atoms with Crippen LogP contribution >= 0.6 is 11.8 Å². The lowest BCUT2D eigenvalue weighted by Gasteiger charge is -2.26. The molecule has 11 heteroatoms. The molecule has 0 spiro atoms. The Balaban J connectivity index is 1.38. The molecule has 150 valence electrons. The van der Waals surface area contributed by atoms with Crippen LogP contribution in [0.2, 0.25) is 0 Å². The molecule has 0 saturated carbocycles. The molecule has 4 rings (SSSR count). The molecule has 2 aliphatic rings. The third-order valence-electron chi connectivity index (χ3n) is 4.66. The van der Waals surface area contributed by atoms with E-state index in [1.165, 1.54) is 0 Å². The standard InChI is InChI=1S/C17H19N3O6S2/c1-2-20(12-5-6-28(22,23)9-12)15(21)8-27-17-19-18-16(26-17)11-3-4-13-14(7-11)25-10-24-13/h3-4,7,12H,2,5-6,8-10H2,1H3/t12-/m1/s1. The molecule has 2 aromatic rings. The zero-order chi connectivity index (χ0) is 19.7. The monoisotopic (exact) mass is 425 g/mol. The van der Waals surface area contributed by atoms with Crippen molar-refractivity contribution in [2.45, 2.75) is 24.6 Å². The van der Waals surface area contributed by atoms with Gasteiger partial charge in [-0.05, 0) is 31.5 Å². The molecule has 3 heterocycles. The summed E-state index contributed by atoms with van der Waals surface area (Å²) in [6, 6.07) is 5.07. The number of benzene rings is 1. The number of carbonyl (C=O) groups is 1. The van der Waals surface area contributed by atoms with Crippen LogP contribution in [0, 0.1) is 0 Å². The van der Waals surface area contributed by atoms with E-state index in [9.17, 15) is 13.2 Å². The summed E-state index contributed by atoms with van der Waals surface area (Å²) in [5.74, 6) is 1.73. The summed E-state index contributed by atoms with van der Waals surface area (Å²) < 4.78 is 39.6. The van der Waals surface area contributed by atoms with E-state index < -0.39 is 9.84 Å². The van der Waals surface area contributed by atoms with Gasteiger partial charge in [-0.3, -0.25) is 4.79 Å². The highest BCUT2D eigenvalue weighted by Crippen LogP contribution is 2.36. The molecule has 1 amide bonds. The van der Waals surface area contributed by atoms with Gasteiger partial charge in [0.2, 0.25) is 18.6 Å². The largest absolute Gasteiger partial charge is 0.454 e. The zero-order valence-electron chi connectivity index (χ0n) is 15.2. The van der Waals surface area contributed by atoms with Crippen molar-refractivity contribution in [3.8, 4) is 23.0 Å². The molecule has 1 fully saturated rings. The second-order valence-corrected chi connectivity index (χ2v) is 9.62. The first-order valence-electron chi connectivity index (χ1n) is 8.81. The van der Waals surface area contributed by atoms with Crippen molar-refractivity contribution in [1.29, 1.82) is 0 Å². The molecule has 1 saturated heterocycles. The van der Waals surface area contributed by atoms with E-state index in [2.05, 4.69) is 10.2 Å². The smallest absolute Gasteiger partial charge is 0.277 e. The number of hydrogen-bond acceptors (Lipinski definition) is 9. The Bertz CT molecular complexity index is 991. The normalized spacial score (nSPS) is 19.7. The lowest BCUT2D eigenvalue weighted by molar-refractivity contribution is -0.129. The third-order valence-corrected chi connectivity index (χ3v) is 7.21. The number of rotatable bonds is 6. The van der Waals surface area contributed by atoms with Crippen molar-refractivity contribution < 1.29 is 27.1 Å². The molecule has 0 radical (unpaired) electrons. The minimum atomic E-state index is -3.04. The summed E-state index contributed by atoms with van der Waals surface area (Å²) in [7, 11) is -3.04. The molecular formula is C17H19N3O6S2. The number of hydrogen-bond donors (Lipinski definition) is 0. The predicted molar refractivity (Wildman–Crippen MR) is 101 cm³/mol. The van der Waals surface area contributed by atoms with Crippen molar-refractivity contribution in [3.63, 3.8) is 0 Å². The molecule has 0 bridgehead atoms. The van der Waals surface area contributed by atoms with Crippen LogP contribution in [-0.2, 0) is 14.6 Å². The van der Waals surface area contributed by atoms with E-state index in [4.69, 9.17) is 13.9 Å². The van der Waals surface area contributed by atoms with E-state index in [1.54, 1.807) is 23.1 Å². The van der Waals surface area contributed by atoms with Crippen molar-refractivity contribution >= 4 is 27.5 Å². The van der Waals surface area contributed by atoms with E-state index >= 15 is 0 Å². The Morgan fingerprint density at radius 3 is 2.86 bits per heavy atom. The minimum Gasteiger partial charge on any atom is -0.454 e. The summed E-state index contributed by atoms with van der Waals surface area (Å²) in [6.45, 7) is 2.49. The molecule has 2 aliphatic heterocycles. The summed E-state index contributed by atoms with van der Waals surface area (Å²) >= 11 is 1.13. The van der Waals surface area contributed by atoms with Crippen LogP contribution < -0.4 is 9.47 Å². The van der Waals surface area contributed by atoms with Gasteiger partial charge in [0.25, 0.3) is 5.22 Å². The van der Waals surface area contributed by atoms with Gasteiger partial charge in [0.15, 0.2) is 21.3 Å². The average Bonchev–Trinajstić information content (AvgIpc) is 3.39. The van der Waals surface area contributed by atoms with Crippen LogP contribution in [0.15, 0.2) is 27.8 Å². The lowest BCUT2D eigenvalue weighted by atomic mass is 10.2. The number of thioether (sulfide) groups is 1. The van der Waals surface area contributed by atoms with Gasteiger partial charge < -0.3 is 18.8 Å². The average molecular weight is 425 g/mol. The maximum atomic E-state index is 12.5. The fourth-order valence-electron chi connectivity index (χ4n) is 3.28. The Labute approximate surface area is 166 Å². The summed E-state index contributed by atoms with van der Waals surface area (Å²) in [6.07, 6.45) is 0.487. The van der Waals surface area contributed by atoms with Gasteiger partial charge >= 0.3 is 0 Å². The Morgan fingerprint density at radius 1 is 1.29 bits per heavy atom. The number of aromatic nitrogens is 2. The number of ether oxygens (including phenoxy) is 2. The van der Waals surface area contributed by atoms with E-state index in [0.717, 1.165) is 11.8 Å². The number of amides is 1. The van der Waals surface area contributed by atoms with E-state index in [-0.39, 0.29) is 41.2 Å². The molecule has 0 unspecified atom stereocenters. The molecular weight excluding hydrogens is 406 g/mol.